The second-order valence-corrected chi connectivity index (χ2v) is 5.24. The third-order valence-corrected chi connectivity index (χ3v) is 3.40. The third-order valence-electron chi connectivity index (χ3n) is 3.07. The number of nitrogens with one attached hydrogen (secondary N) is 2. The molecule has 1 aromatic carbocycles. The first-order valence-corrected chi connectivity index (χ1v) is 7.71. The summed E-state index contributed by atoms with van der Waals surface area (Å²) in [6.45, 7) is 2.94. The first kappa shape index (κ1) is 16.2. The number of carbonyl (C=O) groups excluding carboxylic acids is 1. The Morgan fingerprint density at radius 3 is 2.82 bits per heavy atom. The van der Waals surface area contributed by atoms with Gasteiger partial charge in [0.15, 0.2) is 0 Å². The van der Waals surface area contributed by atoms with Crippen LogP contribution in [0.25, 0.3) is 0 Å². The fourth-order valence-corrected chi connectivity index (χ4v) is 2.08. The van der Waals surface area contributed by atoms with E-state index in [4.69, 9.17) is 11.6 Å². The quantitative estimate of drug-likeness (QED) is 0.758. The lowest BCUT2D eigenvalue weighted by molar-refractivity contribution is 0.102. The van der Waals surface area contributed by atoms with Crippen LogP contribution in [0.2, 0.25) is 5.02 Å². The Morgan fingerprint density at radius 1 is 1.23 bits per heavy atom. The Kier molecular flexibility index (Phi) is 6.15. The number of carbonyl (C=O) groups is 1. The lowest BCUT2D eigenvalue weighted by atomic mass is 10.2. The predicted octanol–water partition coefficient (Wildman–Crippen LogP) is 3.98. The van der Waals surface area contributed by atoms with Crippen molar-refractivity contribution in [2.24, 2.45) is 0 Å². The van der Waals surface area contributed by atoms with E-state index in [0.717, 1.165) is 25.8 Å². The van der Waals surface area contributed by atoms with Crippen LogP contribution in [0.15, 0.2) is 36.5 Å². The molecule has 1 heterocycles. The van der Waals surface area contributed by atoms with Crippen molar-refractivity contribution < 1.29 is 4.79 Å². The number of benzene rings is 1. The monoisotopic (exact) mass is 318 g/mol. The van der Waals surface area contributed by atoms with Crippen LogP contribution in [-0.2, 0) is 0 Å². The van der Waals surface area contributed by atoms with Crippen LogP contribution in [0.4, 0.5) is 11.6 Å². The number of rotatable bonds is 7. The Morgan fingerprint density at radius 2 is 2.05 bits per heavy atom. The highest BCUT2D eigenvalue weighted by Gasteiger charge is 2.10. The van der Waals surface area contributed by atoms with Gasteiger partial charge >= 0.3 is 0 Å². The summed E-state index contributed by atoms with van der Waals surface area (Å²) in [6, 6.07) is 8.65. The standard InChI is InChI=1S/C16H19ClN4O/c1-2-3-6-10-18-16-19-11-9-14(21-16)15(22)20-13-8-5-4-7-12(13)17/h4-5,7-9,11H,2-3,6,10H2,1H3,(H,20,22)(H,18,19,21). The molecule has 0 spiro atoms. The maximum absolute atomic E-state index is 12.2. The van der Waals surface area contributed by atoms with Gasteiger partial charge in [-0.2, -0.15) is 0 Å². The van der Waals surface area contributed by atoms with Crippen molar-refractivity contribution in [3.63, 3.8) is 0 Å². The summed E-state index contributed by atoms with van der Waals surface area (Å²) in [5.74, 6) is 0.148. The summed E-state index contributed by atoms with van der Waals surface area (Å²) < 4.78 is 0. The van der Waals surface area contributed by atoms with E-state index in [1.54, 1.807) is 30.5 Å². The molecule has 0 saturated carbocycles. The van der Waals surface area contributed by atoms with Gasteiger partial charge in [0.05, 0.1) is 10.7 Å². The zero-order chi connectivity index (χ0) is 15.8. The van der Waals surface area contributed by atoms with Crippen molar-refractivity contribution in [1.29, 1.82) is 0 Å². The number of para-hydroxylation sites is 1. The smallest absolute Gasteiger partial charge is 0.274 e. The molecule has 0 fully saturated rings. The van der Waals surface area contributed by atoms with Gasteiger partial charge in [0.2, 0.25) is 5.95 Å². The van der Waals surface area contributed by atoms with E-state index in [2.05, 4.69) is 27.5 Å². The molecule has 5 nitrogen and oxygen atoms in total. The lowest BCUT2D eigenvalue weighted by Crippen LogP contribution is -2.15. The maximum atomic E-state index is 12.2. The molecule has 0 bridgehead atoms. The third kappa shape index (κ3) is 4.70. The number of hydrogen-bond acceptors (Lipinski definition) is 4. The maximum Gasteiger partial charge on any atom is 0.274 e. The average molecular weight is 319 g/mol. The summed E-state index contributed by atoms with van der Waals surface area (Å²) in [6.07, 6.45) is 4.93. The number of unbranched alkanes of at least 4 members (excludes halogenated alkanes) is 2. The van der Waals surface area contributed by atoms with Crippen LogP contribution in [0, 0.1) is 0 Å². The van der Waals surface area contributed by atoms with Crippen LogP contribution in [0.3, 0.4) is 0 Å². The minimum Gasteiger partial charge on any atom is -0.354 e. The lowest BCUT2D eigenvalue weighted by Gasteiger charge is -2.08. The summed E-state index contributed by atoms with van der Waals surface area (Å²) in [4.78, 5) is 20.5. The second-order valence-electron chi connectivity index (χ2n) is 4.83. The molecule has 0 aliphatic heterocycles. The zero-order valence-electron chi connectivity index (χ0n) is 12.5. The van der Waals surface area contributed by atoms with Gasteiger partial charge in [0.25, 0.3) is 5.91 Å². The molecule has 0 aliphatic carbocycles. The highest BCUT2D eigenvalue weighted by Crippen LogP contribution is 2.20. The molecule has 0 unspecified atom stereocenters. The molecular weight excluding hydrogens is 300 g/mol. The van der Waals surface area contributed by atoms with E-state index < -0.39 is 0 Å². The van der Waals surface area contributed by atoms with Gasteiger partial charge in [-0.15, -0.1) is 0 Å². The number of nitrogens with zero attached hydrogens (tertiary/aromatic N) is 2. The van der Waals surface area contributed by atoms with Gasteiger partial charge in [-0.1, -0.05) is 43.5 Å². The van der Waals surface area contributed by atoms with E-state index >= 15 is 0 Å². The summed E-state index contributed by atoms with van der Waals surface area (Å²) in [5.41, 5.74) is 0.859. The number of anilines is 2. The topological polar surface area (TPSA) is 66.9 Å². The molecule has 0 radical (unpaired) electrons. The van der Waals surface area contributed by atoms with E-state index in [-0.39, 0.29) is 5.91 Å². The van der Waals surface area contributed by atoms with Gasteiger partial charge in [0.1, 0.15) is 5.69 Å². The fraction of sp³-hybridized carbons (Fsp3) is 0.312. The van der Waals surface area contributed by atoms with Crippen molar-refractivity contribution in [2.75, 3.05) is 17.2 Å². The van der Waals surface area contributed by atoms with Crippen LogP contribution in [-0.4, -0.2) is 22.4 Å². The first-order valence-electron chi connectivity index (χ1n) is 7.33. The highest BCUT2D eigenvalue weighted by atomic mass is 35.5. The molecule has 0 saturated heterocycles. The summed E-state index contributed by atoms with van der Waals surface area (Å²) >= 11 is 6.03. The van der Waals surface area contributed by atoms with Crippen molar-refractivity contribution >= 4 is 29.1 Å². The molecule has 2 aromatic rings. The van der Waals surface area contributed by atoms with E-state index in [1.807, 2.05) is 6.07 Å². The number of aromatic nitrogens is 2. The van der Waals surface area contributed by atoms with Gasteiger partial charge in [0, 0.05) is 12.7 Å². The Bertz CT molecular complexity index is 633. The van der Waals surface area contributed by atoms with Crippen LogP contribution in [0.1, 0.15) is 36.7 Å². The molecule has 1 amide bonds. The van der Waals surface area contributed by atoms with Gasteiger partial charge < -0.3 is 10.6 Å². The van der Waals surface area contributed by atoms with Crippen LogP contribution >= 0.6 is 11.6 Å². The SMILES string of the molecule is CCCCCNc1nccc(C(=O)Nc2ccccc2Cl)n1. The highest BCUT2D eigenvalue weighted by molar-refractivity contribution is 6.33. The minimum absolute atomic E-state index is 0.299. The van der Waals surface area contributed by atoms with Crippen molar-refractivity contribution in [2.45, 2.75) is 26.2 Å². The van der Waals surface area contributed by atoms with Crippen molar-refractivity contribution in [3.05, 3.63) is 47.2 Å². The molecule has 22 heavy (non-hydrogen) atoms. The Labute approximate surface area is 135 Å². The molecule has 2 rings (SSSR count). The van der Waals surface area contributed by atoms with Crippen LogP contribution < -0.4 is 10.6 Å². The number of halogens is 1. The van der Waals surface area contributed by atoms with Gasteiger partial charge in [-0.05, 0) is 24.6 Å². The predicted molar refractivity (Wildman–Crippen MR) is 89.5 cm³/mol. The number of hydrogen-bond donors (Lipinski definition) is 2. The zero-order valence-corrected chi connectivity index (χ0v) is 13.2. The minimum atomic E-state index is -0.313. The molecular formula is C16H19ClN4O. The van der Waals surface area contributed by atoms with Crippen molar-refractivity contribution in [1.82, 2.24) is 9.97 Å². The van der Waals surface area contributed by atoms with Crippen molar-refractivity contribution in [3.8, 4) is 0 Å². The molecule has 116 valence electrons. The number of amides is 1. The van der Waals surface area contributed by atoms with Gasteiger partial charge in [-0.3, -0.25) is 4.79 Å². The van der Waals surface area contributed by atoms with Gasteiger partial charge in [-0.25, -0.2) is 9.97 Å². The van der Waals surface area contributed by atoms with Crippen LogP contribution in [0.5, 0.6) is 0 Å². The Balaban J connectivity index is 1.99. The normalized spacial score (nSPS) is 10.3. The Hall–Kier alpha value is -2.14. The van der Waals surface area contributed by atoms with E-state index in [1.165, 1.54) is 0 Å². The first-order chi connectivity index (χ1) is 10.7. The molecule has 1 aromatic heterocycles. The second kappa shape index (κ2) is 8.34. The largest absolute Gasteiger partial charge is 0.354 e. The molecule has 0 aliphatic rings. The summed E-state index contributed by atoms with van der Waals surface area (Å²) in [5, 5.41) is 6.35. The average Bonchev–Trinajstić information content (AvgIpc) is 2.54. The molecule has 0 atom stereocenters. The molecule has 6 heteroatoms. The van der Waals surface area contributed by atoms with E-state index in [9.17, 15) is 4.79 Å². The fourth-order valence-electron chi connectivity index (χ4n) is 1.89. The molecule has 2 N–H and O–H groups in total. The van der Waals surface area contributed by atoms with E-state index in [0.29, 0.717) is 22.4 Å². The summed E-state index contributed by atoms with van der Waals surface area (Å²) in [7, 11) is 0.